The van der Waals surface area contributed by atoms with Crippen LogP contribution in [0.2, 0.25) is 0 Å². The van der Waals surface area contributed by atoms with Crippen LogP contribution in [0.3, 0.4) is 0 Å². The summed E-state index contributed by atoms with van der Waals surface area (Å²) in [6, 6.07) is 0. The smallest absolute Gasteiger partial charge is 0.237 e. The van der Waals surface area contributed by atoms with Gasteiger partial charge in [-0.3, -0.25) is 9.52 Å². The van der Waals surface area contributed by atoms with Gasteiger partial charge in [0.15, 0.2) is 0 Å². The molecule has 1 fully saturated rings. The molecule has 0 aliphatic heterocycles. The number of sulfonamides is 1. The molecule has 1 amide bonds. The molecular formula is C9H15NO3S. The van der Waals surface area contributed by atoms with E-state index in [1.807, 2.05) is 23.8 Å². The Hall–Kier alpha value is -0.840. The molecule has 0 aromatic carbocycles. The fourth-order valence-electron chi connectivity index (χ4n) is 1.30. The molecule has 1 aliphatic carbocycles. The Morgan fingerprint density at radius 3 is 2.71 bits per heavy atom. The van der Waals surface area contributed by atoms with Crippen molar-refractivity contribution >= 4 is 15.9 Å². The fraction of sp³-hybridized carbons (Fsp3) is 0.667. The van der Waals surface area contributed by atoms with Crippen molar-refractivity contribution < 1.29 is 13.2 Å². The largest absolute Gasteiger partial charge is 0.274 e. The normalized spacial score (nSPS) is 26.4. The van der Waals surface area contributed by atoms with E-state index in [-0.39, 0.29) is 17.7 Å². The second-order valence-electron chi connectivity index (χ2n) is 3.58. The summed E-state index contributed by atoms with van der Waals surface area (Å²) in [7, 11) is -3.40. The van der Waals surface area contributed by atoms with E-state index < -0.39 is 10.0 Å². The Labute approximate surface area is 84.4 Å². The average Bonchev–Trinajstić information content (AvgIpc) is 2.76. The molecule has 0 aromatic rings. The van der Waals surface area contributed by atoms with Crippen LogP contribution in [0.15, 0.2) is 12.2 Å². The average molecular weight is 217 g/mol. The van der Waals surface area contributed by atoms with Crippen LogP contribution in [0.4, 0.5) is 0 Å². The summed E-state index contributed by atoms with van der Waals surface area (Å²) in [6.07, 6.45) is 6.67. The first-order valence-electron chi connectivity index (χ1n) is 4.62. The van der Waals surface area contributed by atoms with Crippen LogP contribution in [0.5, 0.6) is 0 Å². The first kappa shape index (κ1) is 11.2. The molecular weight excluding hydrogens is 202 g/mol. The highest BCUT2D eigenvalue weighted by Gasteiger charge is 2.41. The topological polar surface area (TPSA) is 63.2 Å². The van der Waals surface area contributed by atoms with E-state index in [0.717, 1.165) is 19.1 Å². The van der Waals surface area contributed by atoms with Gasteiger partial charge in [0, 0.05) is 5.92 Å². The van der Waals surface area contributed by atoms with Gasteiger partial charge in [0.05, 0.1) is 6.26 Å². The van der Waals surface area contributed by atoms with Crippen LogP contribution in [0, 0.1) is 11.8 Å². The molecule has 1 N–H and O–H groups in total. The Bertz CT molecular complexity index is 345. The van der Waals surface area contributed by atoms with Crippen LogP contribution >= 0.6 is 0 Å². The van der Waals surface area contributed by atoms with Crippen molar-refractivity contribution in [2.75, 3.05) is 6.26 Å². The van der Waals surface area contributed by atoms with Crippen molar-refractivity contribution in [1.82, 2.24) is 4.72 Å². The number of hydrogen-bond donors (Lipinski definition) is 1. The predicted octanol–water partition coefficient (Wildman–Crippen LogP) is 0.664. The van der Waals surface area contributed by atoms with Crippen molar-refractivity contribution in [1.29, 1.82) is 0 Å². The Kier molecular flexibility index (Phi) is 3.31. The van der Waals surface area contributed by atoms with E-state index in [9.17, 15) is 13.2 Å². The van der Waals surface area contributed by atoms with E-state index in [4.69, 9.17) is 0 Å². The summed E-state index contributed by atoms with van der Waals surface area (Å²) >= 11 is 0. The standard InChI is InChI=1S/C9H15NO3S/c1-3-4-5-7-6-8(7)9(11)10-14(2,12)13/h4-5,7-8H,3,6H2,1-2H3,(H,10,11)/b5-4-. The summed E-state index contributed by atoms with van der Waals surface area (Å²) in [4.78, 5) is 11.3. The van der Waals surface area contributed by atoms with Gasteiger partial charge in [0.2, 0.25) is 15.9 Å². The maximum absolute atomic E-state index is 11.3. The van der Waals surface area contributed by atoms with E-state index in [0.29, 0.717) is 0 Å². The molecule has 1 aliphatic rings. The molecule has 80 valence electrons. The molecule has 1 saturated carbocycles. The number of hydrogen-bond acceptors (Lipinski definition) is 3. The Morgan fingerprint density at radius 1 is 1.57 bits per heavy atom. The molecule has 14 heavy (non-hydrogen) atoms. The molecule has 0 bridgehead atoms. The molecule has 2 atom stereocenters. The Morgan fingerprint density at radius 2 is 2.21 bits per heavy atom. The van der Waals surface area contributed by atoms with Gasteiger partial charge >= 0.3 is 0 Å². The SMILES string of the molecule is CC/C=C\C1CC1C(=O)NS(C)(=O)=O. The lowest BCUT2D eigenvalue weighted by atomic mass is 10.2. The van der Waals surface area contributed by atoms with Crippen molar-refractivity contribution in [3.63, 3.8) is 0 Å². The third kappa shape index (κ3) is 3.49. The first-order chi connectivity index (χ1) is 6.44. The van der Waals surface area contributed by atoms with Gasteiger partial charge in [-0.15, -0.1) is 0 Å². The van der Waals surface area contributed by atoms with Gasteiger partial charge in [-0.1, -0.05) is 19.1 Å². The lowest BCUT2D eigenvalue weighted by Crippen LogP contribution is -2.30. The molecule has 0 heterocycles. The zero-order valence-corrected chi connectivity index (χ0v) is 9.17. The minimum Gasteiger partial charge on any atom is -0.274 e. The van der Waals surface area contributed by atoms with E-state index in [1.54, 1.807) is 0 Å². The van der Waals surface area contributed by atoms with Crippen molar-refractivity contribution in [2.45, 2.75) is 19.8 Å². The number of rotatable bonds is 4. The molecule has 0 aromatic heterocycles. The quantitative estimate of drug-likeness (QED) is 0.704. The van der Waals surface area contributed by atoms with Crippen molar-refractivity contribution in [2.24, 2.45) is 11.8 Å². The molecule has 5 heteroatoms. The van der Waals surface area contributed by atoms with Gasteiger partial charge < -0.3 is 0 Å². The van der Waals surface area contributed by atoms with E-state index >= 15 is 0 Å². The maximum Gasteiger partial charge on any atom is 0.237 e. The van der Waals surface area contributed by atoms with Gasteiger partial charge in [-0.25, -0.2) is 8.42 Å². The van der Waals surface area contributed by atoms with Crippen LogP contribution < -0.4 is 4.72 Å². The van der Waals surface area contributed by atoms with Crippen LogP contribution in [-0.2, 0) is 14.8 Å². The number of nitrogens with one attached hydrogen (secondary N) is 1. The number of amides is 1. The summed E-state index contributed by atoms with van der Waals surface area (Å²) in [5.41, 5.74) is 0. The number of carbonyl (C=O) groups is 1. The van der Waals surface area contributed by atoms with Crippen molar-refractivity contribution in [3.8, 4) is 0 Å². The van der Waals surface area contributed by atoms with E-state index in [2.05, 4.69) is 0 Å². The van der Waals surface area contributed by atoms with Gasteiger partial charge in [0.25, 0.3) is 0 Å². The van der Waals surface area contributed by atoms with Crippen LogP contribution in [0.25, 0.3) is 0 Å². The zero-order chi connectivity index (χ0) is 10.8. The van der Waals surface area contributed by atoms with Gasteiger partial charge in [0.1, 0.15) is 0 Å². The summed E-state index contributed by atoms with van der Waals surface area (Å²) in [5, 5.41) is 0. The highest BCUT2D eigenvalue weighted by atomic mass is 32.2. The first-order valence-corrected chi connectivity index (χ1v) is 6.51. The third-order valence-corrected chi connectivity index (χ3v) is 2.65. The summed E-state index contributed by atoms with van der Waals surface area (Å²) in [6.45, 7) is 2.02. The predicted molar refractivity (Wildman–Crippen MR) is 54.0 cm³/mol. The van der Waals surface area contributed by atoms with Crippen molar-refractivity contribution in [3.05, 3.63) is 12.2 Å². The van der Waals surface area contributed by atoms with Gasteiger partial charge in [-0.2, -0.15) is 0 Å². The minimum absolute atomic E-state index is 0.146. The molecule has 4 nitrogen and oxygen atoms in total. The molecule has 0 spiro atoms. The van der Waals surface area contributed by atoms with E-state index in [1.165, 1.54) is 0 Å². The second-order valence-corrected chi connectivity index (χ2v) is 5.33. The minimum atomic E-state index is -3.40. The second kappa shape index (κ2) is 4.13. The lowest BCUT2D eigenvalue weighted by Gasteiger charge is -1.99. The monoisotopic (exact) mass is 217 g/mol. The molecule has 0 radical (unpaired) electrons. The fourth-order valence-corrected chi connectivity index (χ4v) is 1.81. The number of allylic oxidation sites excluding steroid dienone is 2. The zero-order valence-electron chi connectivity index (χ0n) is 8.36. The van der Waals surface area contributed by atoms with Gasteiger partial charge in [-0.05, 0) is 18.8 Å². The third-order valence-electron chi connectivity index (χ3n) is 2.08. The molecule has 2 unspecified atom stereocenters. The lowest BCUT2D eigenvalue weighted by molar-refractivity contribution is -0.120. The number of carbonyl (C=O) groups excluding carboxylic acids is 1. The van der Waals surface area contributed by atoms with Crippen LogP contribution in [-0.4, -0.2) is 20.6 Å². The molecule has 1 rings (SSSR count). The highest BCUT2D eigenvalue weighted by molar-refractivity contribution is 7.89. The summed E-state index contributed by atoms with van der Waals surface area (Å²) in [5.74, 6) is -0.289. The maximum atomic E-state index is 11.3. The van der Waals surface area contributed by atoms with Crippen LogP contribution in [0.1, 0.15) is 19.8 Å². The Balaban J connectivity index is 2.40. The molecule has 0 saturated heterocycles. The summed E-state index contributed by atoms with van der Waals surface area (Å²) < 4.78 is 23.5. The highest BCUT2D eigenvalue weighted by Crippen LogP contribution is 2.39.